The number of halogens is 2. The maximum atomic E-state index is 11.3. The summed E-state index contributed by atoms with van der Waals surface area (Å²) in [6, 6.07) is 0. The highest BCUT2D eigenvalue weighted by Gasteiger charge is 2.07. The Morgan fingerprint density at radius 2 is 1.00 bits per heavy atom. The zero-order valence-electron chi connectivity index (χ0n) is 14.3. The zero-order valence-corrected chi connectivity index (χ0v) is 17.5. The van der Waals surface area contributed by atoms with Gasteiger partial charge < -0.3 is 9.47 Å². The number of carbonyl (C=O) groups excluding carboxylic acids is 2. The second-order valence-corrected chi connectivity index (χ2v) is 9.01. The fourth-order valence-electron chi connectivity index (χ4n) is 2.04. The molecule has 0 rings (SSSR count). The van der Waals surface area contributed by atoms with Gasteiger partial charge in [-0.3, -0.25) is 9.59 Å². The van der Waals surface area contributed by atoms with Crippen LogP contribution in [0.5, 0.6) is 0 Å². The number of unbranched alkanes of at least 4 members (excludes halogenated alkanes) is 6. The molecule has 6 heteroatoms. The first-order valence-electron chi connectivity index (χ1n) is 8.51. The molecule has 0 aromatic carbocycles. The monoisotopic (exact) mass is 456 g/mol. The van der Waals surface area contributed by atoms with Gasteiger partial charge in [0.2, 0.25) is 0 Å². The molecule has 2 unspecified atom stereocenters. The van der Waals surface area contributed by atoms with Gasteiger partial charge in [-0.1, -0.05) is 77.8 Å². The van der Waals surface area contributed by atoms with Crippen molar-refractivity contribution in [2.75, 3.05) is 13.2 Å². The van der Waals surface area contributed by atoms with E-state index in [4.69, 9.17) is 9.47 Å². The van der Waals surface area contributed by atoms with Crippen LogP contribution >= 0.6 is 31.9 Å². The highest BCUT2D eigenvalue weighted by atomic mass is 79.9. The van der Waals surface area contributed by atoms with Crippen LogP contribution < -0.4 is 0 Å². The van der Waals surface area contributed by atoms with Crippen molar-refractivity contribution in [3.05, 3.63) is 0 Å². The van der Waals surface area contributed by atoms with Gasteiger partial charge in [0.15, 0.2) is 0 Å². The van der Waals surface area contributed by atoms with Gasteiger partial charge >= 0.3 is 11.9 Å². The predicted octanol–water partition coefficient (Wildman–Crippen LogP) is 5.15. The zero-order chi connectivity index (χ0) is 17.5. The molecule has 0 fully saturated rings. The van der Waals surface area contributed by atoms with E-state index in [1.807, 2.05) is 13.8 Å². The summed E-state index contributed by atoms with van der Waals surface area (Å²) in [5.41, 5.74) is 0. The van der Waals surface area contributed by atoms with E-state index in [1.54, 1.807) is 0 Å². The summed E-state index contributed by atoms with van der Waals surface area (Å²) in [5.74, 6) is -0.253. The minimum atomic E-state index is -0.127. The molecular formula is C17H30Br2O4. The van der Waals surface area contributed by atoms with Crippen LogP contribution in [0, 0.1) is 0 Å². The van der Waals surface area contributed by atoms with Crippen LogP contribution in [0.25, 0.3) is 0 Å². The molecule has 0 aliphatic rings. The number of carbonyl (C=O) groups is 2. The summed E-state index contributed by atoms with van der Waals surface area (Å²) < 4.78 is 10.3. The maximum absolute atomic E-state index is 11.3. The Balaban J connectivity index is 3.22. The van der Waals surface area contributed by atoms with Gasteiger partial charge in [-0.05, 0) is 12.8 Å². The first-order valence-corrected chi connectivity index (χ1v) is 10.3. The fraction of sp³-hybridized carbons (Fsp3) is 0.882. The number of esters is 2. The van der Waals surface area contributed by atoms with E-state index >= 15 is 0 Å². The number of alkyl halides is 2. The van der Waals surface area contributed by atoms with Crippen molar-refractivity contribution in [2.24, 2.45) is 0 Å². The van der Waals surface area contributed by atoms with E-state index in [2.05, 4.69) is 31.9 Å². The van der Waals surface area contributed by atoms with Crippen LogP contribution in [0.2, 0.25) is 0 Å². The third-order valence-electron chi connectivity index (χ3n) is 3.21. The largest absolute Gasteiger partial charge is 0.466 e. The number of hydrogen-bond acceptors (Lipinski definition) is 4. The Bertz CT molecular complexity index is 290. The van der Waals surface area contributed by atoms with E-state index in [9.17, 15) is 9.59 Å². The lowest BCUT2D eigenvalue weighted by molar-refractivity contribution is -0.144. The Labute approximate surface area is 157 Å². The quantitative estimate of drug-likeness (QED) is 0.205. The Hall–Kier alpha value is -0.100. The van der Waals surface area contributed by atoms with Crippen molar-refractivity contribution in [1.29, 1.82) is 0 Å². The van der Waals surface area contributed by atoms with Crippen molar-refractivity contribution in [1.82, 2.24) is 0 Å². The van der Waals surface area contributed by atoms with Crippen molar-refractivity contribution < 1.29 is 19.1 Å². The van der Waals surface area contributed by atoms with Crippen LogP contribution in [0.3, 0.4) is 0 Å². The summed E-state index contributed by atoms with van der Waals surface area (Å²) in [6.45, 7) is 4.93. The third kappa shape index (κ3) is 18.1. The second kappa shape index (κ2) is 15.4. The van der Waals surface area contributed by atoms with Gasteiger partial charge in [0, 0.05) is 9.65 Å². The first kappa shape index (κ1) is 22.9. The van der Waals surface area contributed by atoms with Gasteiger partial charge in [-0.25, -0.2) is 0 Å². The van der Waals surface area contributed by atoms with Crippen LogP contribution in [-0.4, -0.2) is 34.8 Å². The van der Waals surface area contributed by atoms with E-state index < -0.39 is 0 Å². The van der Waals surface area contributed by atoms with Crippen LogP contribution in [0.1, 0.15) is 71.6 Å². The molecular weight excluding hydrogens is 428 g/mol. The number of hydrogen-bond donors (Lipinski definition) is 0. The van der Waals surface area contributed by atoms with Crippen LogP contribution in [-0.2, 0) is 19.1 Å². The van der Waals surface area contributed by atoms with E-state index in [-0.39, 0.29) is 21.6 Å². The average molecular weight is 458 g/mol. The molecule has 0 aliphatic heterocycles. The molecule has 0 aromatic rings. The highest BCUT2D eigenvalue weighted by Crippen LogP contribution is 2.09. The first-order chi connectivity index (χ1) is 10.9. The van der Waals surface area contributed by atoms with Crippen molar-refractivity contribution in [2.45, 2.75) is 81.3 Å². The van der Waals surface area contributed by atoms with Gasteiger partial charge in [-0.2, -0.15) is 0 Å². The Morgan fingerprint density at radius 1 is 0.696 bits per heavy atom. The van der Waals surface area contributed by atoms with Gasteiger partial charge in [0.25, 0.3) is 0 Å². The molecule has 0 heterocycles. The van der Waals surface area contributed by atoms with E-state index in [0.717, 1.165) is 38.5 Å². The predicted molar refractivity (Wildman–Crippen MR) is 100 cm³/mol. The second-order valence-electron chi connectivity index (χ2n) is 5.89. The van der Waals surface area contributed by atoms with Crippen LogP contribution in [0.15, 0.2) is 0 Å². The SMILES string of the molecule is CC(Br)CC(=O)OCCCCCCCCCOC(=O)CC(C)Br. The minimum absolute atomic E-state index is 0.127. The molecule has 23 heavy (non-hydrogen) atoms. The number of ether oxygens (including phenoxy) is 2. The molecule has 0 amide bonds. The molecule has 136 valence electrons. The van der Waals surface area contributed by atoms with Crippen molar-refractivity contribution in [3.8, 4) is 0 Å². The van der Waals surface area contributed by atoms with Gasteiger partial charge in [0.1, 0.15) is 0 Å². The molecule has 0 aromatic heterocycles. The minimum Gasteiger partial charge on any atom is -0.466 e. The van der Waals surface area contributed by atoms with Gasteiger partial charge in [-0.15, -0.1) is 0 Å². The summed E-state index contributed by atoms with van der Waals surface area (Å²) >= 11 is 6.66. The summed E-state index contributed by atoms with van der Waals surface area (Å²) in [4.78, 5) is 23.0. The van der Waals surface area contributed by atoms with Gasteiger partial charge in [0.05, 0.1) is 26.1 Å². The summed E-state index contributed by atoms with van der Waals surface area (Å²) in [7, 11) is 0. The van der Waals surface area contributed by atoms with E-state index in [0.29, 0.717) is 26.1 Å². The summed E-state index contributed by atoms with van der Waals surface area (Å²) in [5, 5.41) is 0. The molecule has 2 atom stereocenters. The smallest absolute Gasteiger partial charge is 0.306 e. The Kier molecular flexibility index (Phi) is 15.4. The van der Waals surface area contributed by atoms with Crippen molar-refractivity contribution in [3.63, 3.8) is 0 Å². The lowest BCUT2D eigenvalue weighted by Crippen LogP contribution is -2.10. The molecule has 0 bridgehead atoms. The summed E-state index contributed by atoms with van der Waals surface area (Å²) in [6.07, 6.45) is 8.41. The Morgan fingerprint density at radius 3 is 1.30 bits per heavy atom. The molecule has 0 spiro atoms. The molecule has 0 radical (unpaired) electrons. The maximum Gasteiger partial charge on any atom is 0.306 e. The average Bonchev–Trinajstić information content (AvgIpc) is 2.43. The normalized spacial score (nSPS) is 13.4. The lowest BCUT2D eigenvalue weighted by Gasteiger charge is -2.07. The molecule has 4 nitrogen and oxygen atoms in total. The third-order valence-corrected chi connectivity index (χ3v) is 3.86. The van der Waals surface area contributed by atoms with Crippen molar-refractivity contribution >= 4 is 43.8 Å². The topological polar surface area (TPSA) is 52.6 Å². The van der Waals surface area contributed by atoms with E-state index in [1.165, 1.54) is 6.42 Å². The fourth-order valence-corrected chi connectivity index (χ4v) is 2.57. The highest BCUT2D eigenvalue weighted by molar-refractivity contribution is 9.09. The standard InChI is InChI=1S/C17H30Br2O4/c1-14(18)12-16(20)22-10-8-6-4-3-5-7-9-11-23-17(21)13-15(2)19/h14-15H,3-13H2,1-2H3. The molecule has 0 saturated carbocycles. The van der Waals surface area contributed by atoms with Crippen LogP contribution in [0.4, 0.5) is 0 Å². The molecule has 0 aliphatic carbocycles. The lowest BCUT2D eigenvalue weighted by atomic mass is 10.1. The molecule has 0 saturated heterocycles. The number of rotatable bonds is 14. The molecule has 0 N–H and O–H groups in total.